The van der Waals surface area contributed by atoms with Gasteiger partial charge in [0.05, 0.1) is 6.54 Å². The smallest absolute Gasteiger partial charge is 0.387 e. The number of nitrogens with one attached hydrogen (secondary N) is 2. The number of halogens is 2. The molecule has 0 atom stereocenters. The summed E-state index contributed by atoms with van der Waals surface area (Å²) in [6.07, 6.45) is 0. The molecule has 1 amide bonds. The Bertz CT molecular complexity index is 710. The predicted octanol–water partition coefficient (Wildman–Crippen LogP) is 4.64. The maximum atomic E-state index is 12.1. The second kappa shape index (κ2) is 7.96. The fourth-order valence-electron chi connectivity index (χ4n) is 2.39. The molecular formula is C19H22F2N2O2. The van der Waals surface area contributed by atoms with Gasteiger partial charge in [0.1, 0.15) is 5.75 Å². The van der Waals surface area contributed by atoms with Crippen LogP contribution in [0.5, 0.6) is 5.75 Å². The topological polar surface area (TPSA) is 50.4 Å². The number of hydrogen-bond acceptors (Lipinski definition) is 3. The highest BCUT2D eigenvalue weighted by molar-refractivity contribution is 5.93. The van der Waals surface area contributed by atoms with Crippen LogP contribution in [0.1, 0.15) is 26.3 Å². The van der Waals surface area contributed by atoms with Crippen LogP contribution in [0.2, 0.25) is 0 Å². The first-order valence-electron chi connectivity index (χ1n) is 7.94. The third kappa shape index (κ3) is 5.74. The highest BCUT2D eigenvalue weighted by Gasteiger charge is 2.17. The predicted molar refractivity (Wildman–Crippen MR) is 95.3 cm³/mol. The van der Waals surface area contributed by atoms with Gasteiger partial charge in [-0.05, 0) is 41.3 Å². The van der Waals surface area contributed by atoms with Gasteiger partial charge in [0.15, 0.2) is 0 Å². The number of alkyl halides is 2. The minimum Gasteiger partial charge on any atom is -0.435 e. The Morgan fingerprint density at radius 3 is 2.32 bits per heavy atom. The molecule has 2 aromatic rings. The Balaban J connectivity index is 1.93. The van der Waals surface area contributed by atoms with Gasteiger partial charge in [-0.15, -0.1) is 0 Å². The number of anilines is 2. The van der Waals surface area contributed by atoms with Gasteiger partial charge in [-0.25, -0.2) is 0 Å². The molecule has 0 saturated carbocycles. The number of para-hydroxylation sites is 1. The van der Waals surface area contributed by atoms with Crippen LogP contribution in [0.3, 0.4) is 0 Å². The molecular weight excluding hydrogens is 326 g/mol. The van der Waals surface area contributed by atoms with E-state index in [0.717, 1.165) is 11.3 Å². The standard InChI is InChI=1S/C19H22F2N2O2/c1-19(2,3)15-6-4-5-7-16(15)22-12-17(24)23-13-8-10-14(11-9-13)25-18(20)21/h4-11,18,22H,12H2,1-3H3,(H,23,24). The molecule has 25 heavy (non-hydrogen) atoms. The van der Waals surface area contributed by atoms with Gasteiger partial charge in [0, 0.05) is 11.4 Å². The summed E-state index contributed by atoms with van der Waals surface area (Å²) in [4.78, 5) is 12.1. The first-order chi connectivity index (χ1) is 11.8. The highest BCUT2D eigenvalue weighted by Crippen LogP contribution is 2.29. The summed E-state index contributed by atoms with van der Waals surface area (Å²) >= 11 is 0. The van der Waals surface area contributed by atoms with Crippen molar-refractivity contribution < 1.29 is 18.3 Å². The summed E-state index contributed by atoms with van der Waals surface area (Å²) in [6, 6.07) is 13.6. The number of benzene rings is 2. The fraction of sp³-hybridized carbons (Fsp3) is 0.316. The summed E-state index contributed by atoms with van der Waals surface area (Å²) in [7, 11) is 0. The van der Waals surface area contributed by atoms with Gasteiger partial charge < -0.3 is 15.4 Å². The lowest BCUT2D eigenvalue weighted by Gasteiger charge is -2.23. The molecule has 0 aliphatic carbocycles. The van der Waals surface area contributed by atoms with E-state index in [1.807, 2.05) is 24.3 Å². The first kappa shape index (κ1) is 18.7. The molecule has 6 heteroatoms. The Morgan fingerprint density at radius 1 is 1.08 bits per heavy atom. The zero-order valence-electron chi connectivity index (χ0n) is 14.5. The van der Waals surface area contributed by atoms with Crippen molar-refractivity contribution in [3.8, 4) is 5.75 Å². The molecule has 4 nitrogen and oxygen atoms in total. The first-order valence-corrected chi connectivity index (χ1v) is 7.94. The largest absolute Gasteiger partial charge is 0.435 e. The average Bonchev–Trinajstić information content (AvgIpc) is 2.54. The summed E-state index contributed by atoms with van der Waals surface area (Å²) in [5.41, 5.74) is 2.50. The number of carbonyl (C=O) groups is 1. The summed E-state index contributed by atoms with van der Waals surface area (Å²) in [5.74, 6) is -0.184. The molecule has 0 aliphatic rings. The van der Waals surface area contributed by atoms with Crippen LogP contribution in [0.25, 0.3) is 0 Å². The molecule has 0 aliphatic heterocycles. The molecule has 2 rings (SSSR count). The van der Waals surface area contributed by atoms with Crippen LogP contribution in [0.4, 0.5) is 20.2 Å². The fourth-order valence-corrected chi connectivity index (χ4v) is 2.39. The van der Waals surface area contributed by atoms with Crippen molar-refractivity contribution in [2.45, 2.75) is 32.8 Å². The van der Waals surface area contributed by atoms with Crippen molar-refractivity contribution in [3.63, 3.8) is 0 Å². The van der Waals surface area contributed by atoms with E-state index < -0.39 is 6.61 Å². The van der Waals surface area contributed by atoms with Crippen molar-refractivity contribution in [2.24, 2.45) is 0 Å². The zero-order chi connectivity index (χ0) is 18.4. The van der Waals surface area contributed by atoms with Crippen molar-refractivity contribution in [3.05, 3.63) is 54.1 Å². The maximum Gasteiger partial charge on any atom is 0.387 e. The van der Waals surface area contributed by atoms with Crippen LogP contribution < -0.4 is 15.4 Å². The third-order valence-corrected chi connectivity index (χ3v) is 3.54. The van der Waals surface area contributed by atoms with E-state index in [4.69, 9.17) is 0 Å². The summed E-state index contributed by atoms with van der Waals surface area (Å²) in [6.45, 7) is 3.55. The molecule has 134 valence electrons. The summed E-state index contributed by atoms with van der Waals surface area (Å²) < 4.78 is 28.5. The van der Waals surface area contributed by atoms with Crippen molar-refractivity contribution in [1.29, 1.82) is 0 Å². The van der Waals surface area contributed by atoms with E-state index in [-0.39, 0.29) is 23.6 Å². The molecule has 0 fully saturated rings. The van der Waals surface area contributed by atoms with Gasteiger partial charge in [0.2, 0.25) is 5.91 Å². The number of amides is 1. The molecule has 0 spiro atoms. The van der Waals surface area contributed by atoms with E-state index in [9.17, 15) is 13.6 Å². The van der Waals surface area contributed by atoms with Crippen molar-refractivity contribution >= 4 is 17.3 Å². The second-order valence-corrected chi connectivity index (χ2v) is 6.60. The van der Waals surface area contributed by atoms with E-state index >= 15 is 0 Å². The van der Waals surface area contributed by atoms with Gasteiger partial charge in [-0.2, -0.15) is 8.78 Å². The van der Waals surface area contributed by atoms with Crippen molar-refractivity contribution in [1.82, 2.24) is 0 Å². The van der Waals surface area contributed by atoms with Crippen LogP contribution in [0.15, 0.2) is 48.5 Å². The van der Waals surface area contributed by atoms with Crippen LogP contribution in [-0.4, -0.2) is 19.1 Å². The third-order valence-electron chi connectivity index (χ3n) is 3.54. The maximum absolute atomic E-state index is 12.1. The molecule has 0 heterocycles. The monoisotopic (exact) mass is 348 g/mol. The van der Waals surface area contributed by atoms with Crippen molar-refractivity contribution in [2.75, 3.05) is 17.2 Å². The van der Waals surface area contributed by atoms with Crippen LogP contribution in [-0.2, 0) is 10.2 Å². The minimum atomic E-state index is -2.87. The SMILES string of the molecule is CC(C)(C)c1ccccc1NCC(=O)Nc1ccc(OC(F)F)cc1. The molecule has 0 aromatic heterocycles. The second-order valence-electron chi connectivity index (χ2n) is 6.60. The Labute approximate surface area is 146 Å². The highest BCUT2D eigenvalue weighted by atomic mass is 19.3. The molecule has 0 unspecified atom stereocenters. The van der Waals surface area contributed by atoms with E-state index in [1.165, 1.54) is 24.3 Å². The Morgan fingerprint density at radius 2 is 1.72 bits per heavy atom. The number of carbonyl (C=O) groups excluding carboxylic acids is 1. The zero-order valence-corrected chi connectivity index (χ0v) is 14.5. The molecule has 0 saturated heterocycles. The van der Waals surface area contributed by atoms with Gasteiger partial charge in [-0.1, -0.05) is 39.0 Å². The van der Waals surface area contributed by atoms with E-state index in [0.29, 0.717) is 5.69 Å². The average molecular weight is 348 g/mol. The quantitative estimate of drug-likeness (QED) is 0.800. The minimum absolute atomic E-state index is 0.0411. The normalized spacial score (nSPS) is 11.3. The number of hydrogen-bond donors (Lipinski definition) is 2. The molecule has 0 bridgehead atoms. The Kier molecular flexibility index (Phi) is 5.96. The van der Waals surface area contributed by atoms with E-state index in [1.54, 1.807) is 0 Å². The Hall–Kier alpha value is -2.63. The molecule has 2 N–H and O–H groups in total. The number of rotatable bonds is 6. The number of ether oxygens (including phenoxy) is 1. The van der Waals surface area contributed by atoms with E-state index in [2.05, 4.69) is 36.1 Å². The molecule has 2 aromatic carbocycles. The van der Waals surface area contributed by atoms with Gasteiger partial charge in [0.25, 0.3) is 0 Å². The lowest BCUT2D eigenvalue weighted by atomic mass is 9.86. The lowest BCUT2D eigenvalue weighted by Crippen LogP contribution is -2.23. The van der Waals surface area contributed by atoms with Crippen LogP contribution >= 0.6 is 0 Å². The van der Waals surface area contributed by atoms with Gasteiger partial charge in [-0.3, -0.25) is 4.79 Å². The molecule has 0 radical (unpaired) electrons. The van der Waals surface area contributed by atoms with Crippen LogP contribution in [0, 0.1) is 0 Å². The summed E-state index contributed by atoms with van der Waals surface area (Å²) in [5, 5.41) is 5.85. The lowest BCUT2D eigenvalue weighted by molar-refractivity contribution is -0.114. The van der Waals surface area contributed by atoms with Gasteiger partial charge >= 0.3 is 6.61 Å².